The summed E-state index contributed by atoms with van der Waals surface area (Å²) in [5.74, 6) is -0.811. The number of rotatable bonds is 4. The van der Waals surface area contributed by atoms with Crippen molar-refractivity contribution in [2.45, 2.75) is 19.8 Å². The molecule has 100 valence electrons. The Labute approximate surface area is 120 Å². The first-order valence-corrected chi connectivity index (χ1v) is 6.78. The van der Waals surface area contributed by atoms with Crippen LogP contribution in [0.15, 0.2) is 28.7 Å². The molecule has 0 spiro atoms. The third-order valence-electron chi connectivity index (χ3n) is 2.96. The van der Waals surface area contributed by atoms with Crippen molar-refractivity contribution < 1.29 is 9.90 Å². The van der Waals surface area contributed by atoms with E-state index in [1.165, 1.54) is 5.56 Å². The molecule has 5 heteroatoms. The number of aromatic nitrogens is 2. The van der Waals surface area contributed by atoms with Gasteiger partial charge >= 0.3 is 5.97 Å². The number of aryl methyl sites for hydroxylation is 3. The molecule has 0 aliphatic carbocycles. The van der Waals surface area contributed by atoms with Crippen molar-refractivity contribution in [2.24, 2.45) is 7.05 Å². The third-order valence-corrected chi connectivity index (χ3v) is 3.79. The number of carbonyl (C=O) groups is 1. The third kappa shape index (κ3) is 3.04. The predicted octanol–water partition coefficient (Wildman–Crippen LogP) is 3.18. The van der Waals surface area contributed by atoms with E-state index in [0.717, 1.165) is 21.4 Å². The average Bonchev–Trinajstić information content (AvgIpc) is 2.63. The minimum Gasteiger partial charge on any atom is -0.481 e. The average molecular weight is 323 g/mol. The van der Waals surface area contributed by atoms with Gasteiger partial charge in [0.05, 0.1) is 22.3 Å². The molecule has 19 heavy (non-hydrogen) atoms. The Kier molecular flexibility index (Phi) is 4.04. The molecule has 1 aromatic carbocycles. The van der Waals surface area contributed by atoms with E-state index in [9.17, 15) is 4.79 Å². The summed E-state index contributed by atoms with van der Waals surface area (Å²) < 4.78 is 2.66. The van der Waals surface area contributed by atoms with E-state index >= 15 is 0 Å². The van der Waals surface area contributed by atoms with Crippen LogP contribution >= 0.6 is 15.9 Å². The fourth-order valence-electron chi connectivity index (χ4n) is 1.96. The van der Waals surface area contributed by atoms with Gasteiger partial charge in [0.25, 0.3) is 0 Å². The molecule has 1 heterocycles. The Balaban J connectivity index is 2.36. The van der Waals surface area contributed by atoms with Gasteiger partial charge in [-0.05, 0) is 22.9 Å². The van der Waals surface area contributed by atoms with Gasteiger partial charge in [-0.2, -0.15) is 5.10 Å². The van der Waals surface area contributed by atoms with Crippen molar-refractivity contribution in [3.63, 3.8) is 0 Å². The van der Waals surface area contributed by atoms with Crippen LogP contribution in [0.4, 0.5) is 0 Å². The topological polar surface area (TPSA) is 55.1 Å². The fourth-order valence-corrected chi connectivity index (χ4v) is 2.73. The summed E-state index contributed by atoms with van der Waals surface area (Å²) in [4.78, 5) is 10.6. The van der Waals surface area contributed by atoms with Gasteiger partial charge in [0, 0.05) is 19.0 Å². The van der Waals surface area contributed by atoms with Gasteiger partial charge in [-0.1, -0.05) is 29.8 Å². The number of carboxylic acids is 1. The Hall–Kier alpha value is -1.62. The molecule has 0 saturated carbocycles. The number of nitrogens with zero attached hydrogens (tertiary/aromatic N) is 2. The molecule has 2 rings (SSSR count). The second-order valence-corrected chi connectivity index (χ2v) is 5.29. The number of hydrogen-bond donors (Lipinski definition) is 1. The van der Waals surface area contributed by atoms with Crippen molar-refractivity contribution in [2.75, 3.05) is 0 Å². The lowest BCUT2D eigenvalue weighted by atomic mass is 10.1. The van der Waals surface area contributed by atoms with Gasteiger partial charge in [-0.25, -0.2) is 0 Å². The van der Waals surface area contributed by atoms with Gasteiger partial charge in [0.2, 0.25) is 0 Å². The SMILES string of the molecule is Cc1ccc(-c2c(Br)c(CCC(=O)O)nn2C)cc1. The van der Waals surface area contributed by atoms with E-state index in [-0.39, 0.29) is 6.42 Å². The summed E-state index contributed by atoms with van der Waals surface area (Å²) in [6.45, 7) is 2.04. The lowest BCUT2D eigenvalue weighted by Gasteiger charge is -2.03. The van der Waals surface area contributed by atoms with E-state index in [1.54, 1.807) is 4.68 Å². The smallest absolute Gasteiger partial charge is 0.303 e. The van der Waals surface area contributed by atoms with E-state index in [4.69, 9.17) is 5.11 Å². The number of benzene rings is 1. The molecule has 0 aliphatic heterocycles. The zero-order valence-electron chi connectivity index (χ0n) is 10.9. The Morgan fingerprint density at radius 1 is 1.37 bits per heavy atom. The Morgan fingerprint density at radius 3 is 2.58 bits per heavy atom. The highest BCUT2D eigenvalue weighted by atomic mass is 79.9. The molecule has 1 aromatic heterocycles. The van der Waals surface area contributed by atoms with Crippen molar-refractivity contribution >= 4 is 21.9 Å². The maximum atomic E-state index is 10.6. The molecule has 0 unspecified atom stereocenters. The van der Waals surface area contributed by atoms with Crippen LogP contribution in [0.2, 0.25) is 0 Å². The van der Waals surface area contributed by atoms with Gasteiger partial charge in [0.1, 0.15) is 0 Å². The molecular formula is C14H15BrN2O2. The first kappa shape index (κ1) is 13.8. The van der Waals surface area contributed by atoms with Crippen LogP contribution in [0.1, 0.15) is 17.7 Å². The standard InChI is InChI=1S/C14H15BrN2O2/c1-9-3-5-10(6-4-9)14-13(15)11(16-17(14)2)7-8-12(18)19/h3-6H,7-8H2,1-2H3,(H,18,19). The van der Waals surface area contributed by atoms with Crippen LogP contribution < -0.4 is 0 Å². The van der Waals surface area contributed by atoms with Crippen molar-refractivity contribution in [3.8, 4) is 11.3 Å². The van der Waals surface area contributed by atoms with E-state index in [2.05, 4.69) is 21.0 Å². The fraction of sp³-hybridized carbons (Fsp3) is 0.286. The highest BCUT2D eigenvalue weighted by Crippen LogP contribution is 2.31. The lowest BCUT2D eigenvalue weighted by Crippen LogP contribution is -1.99. The normalized spacial score (nSPS) is 10.7. The molecule has 2 aromatic rings. The summed E-state index contributed by atoms with van der Waals surface area (Å²) in [6.07, 6.45) is 0.512. The Morgan fingerprint density at radius 2 is 2.00 bits per heavy atom. The molecule has 0 amide bonds. The predicted molar refractivity (Wildman–Crippen MR) is 77.0 cm³/mol. The minimum absolute atomic E-state index is 0.0863. The maximum absolute atomic E-state index is 10.6. The second kappa shape index (κ2) is 5.57. The monoisotopic (exact) mass is 322 g/mol. The number of carboxylic acid groups (broad SMARTS) is 1. The summed E-state index contributed by atoms with van der Waals surface area (Å²) in [5, 5.41) is 13.1. The molecule has 0 aliphatic rings. The van der Waals surface area contributed by atoms with Gasteiger partial charge in [-0.3, -0.25) is 9.48 Å². The number of aliphatic carboxylic acids is 1. The summed E-state index contributed by atoms with van der Waals surface area (Å²) in [5.41, 5.74) is 4.02. The van der Waals surface area contributed by atoms with Crippen LogP contribution in [-0.2, 0) is 18.3 Å². The quantitative estimate of drug-likeness (QED) is 0.940. The van der Waals surface area contributed by atoms with Crippen LogP contribution in [-0.4, -0.2) is 20.9 Å². The first-order chi connectivity index (χ1) is 8.99. The van der Waals surface area contributed by atoms with E-state index in [0.29, 0.717) is 6.42 Å². The summed E-state index contributed by atoms with van der Waals surface area (Å²) >= 11 is 3.53. The van der Waals surface area contributed by atoms with Crippen molar-refractivity contribution in [1.29, 1.82) is 0 Å². The molecule has 0 fully saturated rings. The lowest BCUT2D eigenvalue weighted by molar-refractivity contribution is -0.136. The largest absolute Gasteiger partial charge is 0.481 e. The van der Waals surface area contributed by atoms with Gasteiger partial charge in [0.15, 0.2) is 0 Å². The second-order valence-electron chi connectivity index (χ2n) is 4.49. The number of hydrogen-bond acceptors (Lipinski definition) is 2. The highest BCUT2D eigenvalue weighted by Gasteiger charge is 2.16. The zero-order valence-corrected chi connectivity index (χ0v) is 12.4. The van der Waals surface area contributed by atoms with Gasteiger partial charge < -0.3 is 5.11 Å². The minimum atomic E-state index is -0.811. The van der Waals surface area contributed by atoms with Crippen LogP contribution in [0.25, 0.3) is 11.3 Å². The molecule has 0 radical (unpaired) electrons. The Bertz CT molecular complexity index is 603. The molecule has 0 saturated heterocycles. The molecule has 0 bridgehead atoms. The molecular weight excluding hydrogens is 308 g/mol. The van der Waals surface area contributed by atoms with Crippen molar-refractivity contribution in [1.82, 2.24) is 9.78 Å². The van der Waals surface area contributed by atoms with Gasteiger partial charge in [-0.15, -0.1) is 0 Å². The molecule has 1 N–H and O–H groups in total. The van der Waals surface area contributed by atoms with E-state index in [1.807, 2.05) is 38.2 Å². The number of halogens is 1. The maximum Gasteiger partial charge on any atom is 0.303 e. The first-order valence-electron chi connectivity index (χ1n) is 5.99. The van der Waals surface area contributed by atoms with Crippen molar-refractivity contribution in [3.05, 3.63) is 40.0 Å². The van der Waals surface area contributed by atoms with Crippen LogP contribution in [0, 0.1) is 6.92 Å². The van der Waals surface area contributed by atoms with Crippen LogP contribution in [0.5, 0.6) is 0 Å². The molecule has 0 atom stereocenters. The zero-order chi connectivity index (χ0) is 14.0. The summed E-state index contributed by atoms with van der Waals surface area (Å²) in [6, 6.07) is 8.17. The van der Waals surface area contributed by atoms with Crippen LogP contribution in [0.3, 0.4) is 0 Å². The van der Waals surface area contributed by atoms with E-state index < -0.39 is 5.97 Å². The highest BCUT2D eigenvalue weighted by molar-refractivity contribution is 9.10. The summed E-state index contributed by atoms with van der Waals surface area (Å²) in [7, 11) is 1.87. The molecule has 4 nitrogen and oxygen atoms in total.